The van der Waals surface area contributed by atoms with Crippen molar-refractivity contribution in [3.8, 4) is 6.01 Å². The maximum absolute atomic E-state index is 12.5. The molecule has 0 bridgehead atoms. The molecule has 0 aliphatic rings. The van der Waals surface area contributed by atoms with Crippen LogP contribution < -0.4 is 21.6 Å². The summed E-state index contributed by atoms with van der Waals surface area (Å²) < 4.78 is 18.2. The Morgan fingerprint density at radius 1 is 1.65 bits per heavy atom. The third-order valence-corrected chi connectivity index (χ3v) is 1.93. The van der Waals surface area contributed by atoms with Gasteiger partial charge in [-0.05, 0) is 13.8 Å². The number of alkyl halides is 1. The zero-order valence-corrected chi connectivity index (χ0v) is 9.73. The second-order valence-electron chi connectivity index (χ2n) is 4.00. The lowest BCUT2D eigenvalue weighted by molar-refractivity contribution is 0.218. The van der Waals surface area contributed by atoms with Crippen molar-refractivity contribution in [1.82, 2.24) is 19.8 Å². The van der Waals surface area contributed by atoms with Gasteiger partial charge in [-0.25, -0.2) is 14.0 Å². The van der Waals surface area contributed by atoms with Crippen LogP contribution >= 0.6 is 0 Å². The van der Waals surface area contributed by atoms with E-state index in [1.807, 2.05) is 0 Å². The molecular formula is C8H14FN5O3. The van der Waals surface area contributed by atoms with Crippen LogP contribution in [0.2, 0.25) is 0 Å². The summed E-state index contributed by atoms with van der Waals surface area (Å²) in [4.78, 5) is 23.1. The van der Waals surface area contributed by atoms with Gasteiger partial charge in [0.05, 0.1) is 12.6 Å². The molecule has 9 heteroatoms. The maximum Gasteiger partial charge on any atom is 0.376 e. The smallest absolute Gasteiger partial charge is 0.376 e. The summed E-state index contributed by atoms with van der Waals surface area (Å²) in [7, 11) is 1.25. The highest BCUT2D eigenvalue weighted by atomic mass is 19.1. The molecule has 0 fully saturated rings. The van der Waals surface area contributed by atoms with Crippen LogP contribution in [0.15, 0.2) is 4.79 Å². The highest BCUT2D eigenvalue weighted by Crippen LogP contribution is 2.03. The van der Waals surface area contributed by atoms with Crippen molar-refractivity contribution in [2.75, 3.05) is 19.6 Å². The number of carbonyl (C=O) groups excluding carboxylic acids is 1. The van der Waals surface area contributed by atoms with Crippen molar-refractivity contribution in [3.63, 3.8) is 0 Å². The second kappa shape index (κ2) is 4.44. The lowest BCUT2D eigenvalue weighted by Crippen LogP contribution is -2.50. The van der Waals surface area contributed by atoms with Crippen LogP contribution in [0, 0.1) is 0 Å². The van der Waals surface area contributed by atoms with Crippen LogP contribution in [-0.2, 0) is 0 Å². The van der Waals surface area contributed by atoms with Crippen LogP contribution in [0.3, 0.4) is 0 Å². The van der Waals surface area contributed by atoms with Gasteiger partial charge >= 0.3 is 17.7 Å². The second-order valence-corrected chi connectivity index (χ2v) is 4.00. The molecule has 1 aromatic heterocycles. The Morgan fingerprint density at radius 2 is 2.24 bits per heavy atom. The third-order valence-electron chi connectivity index (χ3n) is 1.93. The minimum Gasteiger partial charge on any atom is -0.466 e. The van der Waals surface area contributed by atoms with Crippen molar-refractivity contribution in [2.45, 2.75) is 19.4 Å². The minimum atomic E-state index is -1.10. The van der Waals surface area contributed by atoms with E-state index < -0.39 is 23.9 Å². The largest absolute Gasteiger partial charge is 0.466 e. The number of halogens is 1. The Bertz CT molecular complexity index is 478. The minimum absolute atomic E-state index is 0.219. The highest BCUT2D eigenvalue weighted by molar-refractivity contribution is 5.76. The molecule has 0 aliphatic heterocycles. The van der Waals surface area contributed by atoms with Gasteiger partial charge in [-0.1, -0.05) is 0 Å². The molecule has 0 saturated carbocycles. The fraction of sp³-hybridized carbons (Fsp3) is 0.625. The first-order chi connectivity index (χ1) is 7.82. The molecule has 1 aromatic rings. The summed E-state index contributed by atoms with van der Waals surface area (Å²) in [6.45, 7) is 2.15. The summed E-state index contributed by atoms with van der Waals surface area (Å²) in [5, 5.41) is 5.82. The number of aromatic nitrogens is 3. The Balaban J connectivity index is 3.02. The summed E-state index contributed by atoms with van der Waals surface area (Å²) in [6, 6.07) is -1.09. The fourth-order valence-corrected chi connectivity index (χ4v) is 1.01. The molecule has 96 valence electrons. The number of nitrogens with two attached hydrogens (primary N) is 1. The van der Waals surface area contributed by atoms with Crippen LogP contribution in [0.4, 0.5) is 9.18 Å². The van der Waals surface area contributed by atoms with Crippen LogP contribution in [0.25, 0.3) is 0 Å². The van der Waals surface area contributed by atoms with Crippen LogP contribution in [0.1, 0.15) is 13.8 Å². The monoisotopic (exact) mass is 247 g/mol. The molecule has 3 N–H and O–H groups in total. The lowest BCUT2D eigenvalue weighted by atomic mass is 10.1. The number of hydrogen-bond acceptors (Lipinski definition) is 5. The molecular weight excluding hydrogens is 233 g/mol. The van der Waals surface area contributed by atoms with Gasteiger partial charge < -0.3 is 15.9 Å². The maximum atomic E-state index is 12.5. The number of hydrogen-bond donors (Lipinski definition) is 2. The molecule has 0 aromatic carbocycles. The summed E-state index contributed by atoms with van der Waals surface area (Å²) >= 11 is 0. The molecule has 0 aliphatic carbocycles. The van der Waals surface area contributed by atoms with Gasteiger partial charge in [-0.3, -0.25) is 0 Å². The van der Waals surface area contributed by atoms with Crippen molar-refractivity contribution < 1.29 is 13.9 Å². The van der Waals surface area contributed by atoms with Crippen molar-refractivity contribution in [1.29, 1.82) is 0 Å². The molecule has 17 heavy (non-hydrogen) atoms. The molecule has 1 rings (SSSR count). The van der Waals surface area contributed by atoms with E-state index in [2.05, 4.69) is 15.2 Å². The zero-order valence-electron chi connectivity index (χ0n) is 9.73. The van der Waals surface area contributed by atoms with Gasteiger partial charge in [0.2, 0.25) is 0 Å². The Kier molecular flexibility index (Phi) is 3.39. The fourth-order valence-electron chi connectivity index (χ4n) is 1.01. The van der Waals surface area contributed by atoms with E-state index in [-0.39, 0.29) is 6.01 Å². The number of rotatable bonds is 3. The van der Waals surface area contributed by atoms with E-state index in [0.29, 0.717) is 9.36 Å². The van der Waals surface area contributed by atoms with Crippen molar-refractivity contribution >= 4 is 6.03 Å². The Labute approximate surface area is 96.1 Å². The van der Waals surface area contributed by atoms with E-state index in [1.165, 1.54) is 21.0 Å². The Morgan fingerprint density at radius 3 is 2.65 bits per heavy atom. The standard InChI is InChI=1S/C8H14FN5O3/c1-8(2,4-9)11-5(15)14-7(16)13(10)6(12-14)17-3/h4,10H2,1-3H3,(H,11,15). The molecule has 0 radical (unpaired) electrons. The predicted molar refractivity (Wildman–Crippen MR) is 57.2 cm³/mol. The normalized spacial score (nSPS) is 11.3. The van der Waals surface area contributed by atoms with Gasteiger partial charge in [-0.15, -0.1) is 9.78 Å². The van der Waals surface area contributed by atoms with Gasteiger partial charge in [0.15, 0.2) is 0 Å². The highest BCUT2D eigenvalue weighted by Gasteiger charge is 2.24. The Hall–Kier alpha value is -2.06. The summed E-state index contributed by atoms with van der Waals surface area (Å²) in [5.41, 5.74) is -1.98. The topological polar surface area (TPSA) is 104 Å². The number of ether oxygens (including phenoxy) is 1. The first kappa shape index (κ1) is 13.0. The van der Waals surface area contributed by atoms with E-state index >= 15 is 0 Å². The van der Waals surface area contributed by atoms with E-state index in [9.17, 15) is 14.0 Å². The van der Waals surface area contributed by atoms with Crippen LogP contribution in [0.5, 0.6) is 6.01 Å². The number of amides is 1. The number of nitrogens with zero attached hydrogens (tertiary/aromatic N) is 3. The van der Waals surface area contributed by atoms with Crippen molar-refractivity contribution in [3.05, 3.63) is 10.5 Å². The van der Waals surface area contributed by atoms with Gasteiger partial charge in [0, 0.05) is 0 Å². The van der Waals surface area contributed by atoms with E-state index in [0.717, 1.165) is 0 Å². The summed E-state index contributed by atoms with van der Waals surface area (Å²) in [5.74, 6) is 5.29. The van der Waals surface area contributed by atoms with E-state index in [1.54, 1.807) is 0 Å². The number of nitrogens with one attached hydrogen (secondary N) is 1. The molecule has 0 atom stereocenters. The predicted octanol–water partition coefficient (Wildman–Crippen LogP) is -0.927. The SMILES string of the molecule is COc1nn(C(=O)NC(C)(C)CF)c(=O)n1N. The third kappa shape index (κ3) is 2.55. The lowest BCUT2D eigenvalue weighted by Gasteiger charge is -2.21. The average Bonchev–Trinajstić information content (AvgIpc) is 2.55. The quantitative estimate of drug-likeness (QED) is 0.672. The van der Waals surface area contributed by atoms with Crippen LogP contribution in [-0.4, -0.2) is 39.8 Å². The molecule has 1 heterocycles. The number of methoxy groups -OCH3 is 1. The average molecular weight is 247 g/mol. The molecule has 1 amide bonds. The first-order valence-corrected chi connectivity index (χ1v) is 4.72. The van der Waals surface area contributed by atoms with Gasteiger partial charge in [-0.2, -0.15) is 4.68 Å². The van der Waals surface area contributed by atoms with Crippen molar-refractivity contribution in [2.24, 2.45) is 0 Å². The van der Waals surface area contributed by atoms with E-state index in [4.69, 9.17) is 5.84 Å². The molecule has 0 saturated heterocycles. The first-order valence-electron chi connectivity index (χ1n) is 4.72. The molecule has 8 nitrogen and oxygen atoms in total. The van der Waals surface area contributed by atoms with Gasteiger partial charge in [0.1, 0.15) is 6.67 Å². The number of carbonyl (C=O) groups is 1. The molecule has 0 spiro atoms. The zero-order chi connectivity index (χ0) is 13.2. The number of nitrogen functional groups attached to an aromatic ring is 1. The molecule has 0 unspecified atom stereocenters. The van der Waals surface area contributed by atoms with Gasteiger partial charge in [0.25, 0.3) is 0 Å². The summed E-state index contributed by atoms with van der Waals surface area (Å²) in [6.07, 6.45) is 0.